The summed E-state index contributed by atoms with van der Waals surface area (Å²) < 4.78 is 0. The van der Waals surface area contributed by atoms with Crippen LogP contribution in [0.15, 0.2) is 41.4 Å². The molecular formula is C11H9N2S-. The van der Waals surface area contributed by atoms with Gasteiger partial charge in [-0.2, -0.15) is 0 Å². The lowest BCUT2D eigenvalue weighted by atomic mass is 10.1. The van der Waals surface area contributed by atoms with Crippen LogP contribution >= 0.6 is 0 Å². The molecule has 0 aliphatic carbocycles. The summed E-state index contributed by atoms with van der Waals surface area (Å²) in [5.41, 5.74) is 1.97. The maximum absolute atomic E-state index is 5.04. The zero-order chi connectivity index (χ0) is 9.97. The molecule has 0 atom stereocenters. The molecule has 70 valence electrons. The molecule has 3 heteroatoms. The van der Waals surface area contributed by atoms with Crippen molar-refractivity contribution in [1.82, 2.24) is 9.97 Å². The normalized spacial score (nSPS) is 10.1. The highest BCUT2D eigenvalue weighted by Gasteiger charge is 1.98. The van der Waals surface area contributed by atoms with Gasteiger partial charge in [0.25, 0.3) is 0 Å². The molecule has 1 aromatic carbocycles. The highest BCUT2D eigenvalue weighted by atomic mass is 32.1. The van der Waals surface area contributed by atoms with Crippen LogP contribution in [0.4, 0.5) is 0 Å². The van der Waals surface area contributed by atoms with Crippen molar-refractivity contribution in [3.8, 4) is 11.3 Å². The van der Waals surface area contributed by atoms with Gasteiger partial charge in [-0.25, -0.2) is 4.98 Å². The number of aromatic nitrogens is 2. The van der Waals surface area contributed by atoms with Crippen LogP contribution in [-0.2, 0) is 12.6 Å². The van der Waals surface area contributed by atoms with Gasteiger partial charge in [-0.15, -0.1) is 0 Å². The topological polar surface area (TPSA) is 25.8 Å². The molecule has 1 heterocycles. The van der Waals surface area contributed by atoms with Gasteiger partial charge in [-0.3, -0.25) is 4.98 Å². The summed E-state index contributed by atoms with van der Waals surface area (Å²) in [5, 5.41) is 0.594. The molecule has 0 aliphatic rings. The number of hydrogen-bond donors (Lipinski definition) is 0. The highest BCUT2D eigenvalue weighted by Crippen LogP contribution is 2.16. The zero-order valence-corrected chi connectivity index (χ0v) is 8.58. The fourth-order valence-electron chi connectivity index (χ4n) is 1.30. The summed E-state index contributed by atoms with van der Waals surface area (Å²) >= 11 is 5.04. The maximum atomic E-state index is 5.04. The molecule has 0 amide bonds. The molecule has 2 aromatic rings. The first kappa shape index (κ1) is 9.09. The Balaban J connectivity index is 2.52. The quantitative estimate of drug-likeness (QED) is 0.523. The van der Waals surface area contributed by atoms with Gasteiger partial charge in [0.2, 0.25) is 0 Å². The molecule has 0 fully saturated rings. The summed E-state index contributed by atoms with van der Waals surface area (Å²) in [6.45, 7) is 1.85. The molecule has 0 spiro atoms. The Morgan fingerprint density at radius 3 is 2.43 bits per heavy atom. The third-order valence-electron chi connectivity index (χ3n) is 1.88. The van der Waals surface area contributed by atoms with Crippen LogP contribution in [0, 0.1) is 6.92 Å². The summed E-state index contributed by atoms with van der Waals surface area (Å²) in [6, 6.07) is 11.8. The van der Waals surface area contributed by atoms with Gasteiger partial charge in [0.15, 0.2) is 0 Å². The van der Waals surface area contributed by atoms with Crippen LogP contribution in [0.25, 0.3) is 11.3 Å². The Morgan fingerprint density at radius 2 is 1.79 bits per heavy atom. The molecule has 0 unspecified atom stereocenters. The first-order valence-corrected chi connectivity index (χ1v) is 4.74. The van der Waals surface area contributed by atoms with Crippen LogP contribution in [0.1, 0.15) is 5.82 Å². The average Bonchev–Trinajstić information content (AvgIpc) is 2.18. The summed E-state index contributed by atoms with van der Waals surface area (Å²) in [7, 11) is 0. The third kappa shape index (κ3) is 1.88. The molecule has 0 bridgehead atoms. The Kier molecular flexibility index (Phi) is 2.41. The van der Waals surface area contributed by atoms with Gasteiger partial charge in [-0.1, -0.05) is 35.4 Å². The zero-order valence-electron chi connectivity index (χ0n) is 7.77. The Bertz CT molecular complexity index is 420. The van der Waals surface area contributed by atoms with Crippen molar-refractivity contribution in [3.05, 3.63) is 42.2 Å². The number of benzene rings is 1. The summed E-state index contributed by atoms with van der Waals surface area (Å²) in [6.07, 6.45) is 0. The third-order valence-corrected chi connectivity index (χ3v) is 2.09. The molecule has 0 N–H and O–H groups in total. The monoisotopic (exact) mass is 201 g/mol. The maximum Gasteiger partial charge on any atom is 0.124 e. The highest BCUT2D eigenvalue weighted by molar-refractivity contribution is 7.58. The molecule has 2 rings (SSSR count). The fraction of sp³-hybridized carbons (Fsp3) is 0.0909. The molecule has 0 aliphatic heterocycles. The second-order valence-electron chi connectivity index (χ2n) is 3.00. The van der Waals surface area contributed by atoms with Crippen LogP contribution in [0.5, 0.6) is 0 Å². The van der Waals surface area contributed by atoms with E-state index in [1.165, 1.54) is 0 Å². The van der Waals surface area contributed by atoms with E-state index in [9.17, 15) is 0 Å². The van der Waals surface area contributed by atoms with E-state index in [0.29, 0.717) is 5.03 Å². The molecule has 2 nitrogen and oxygen atoms in total. The minimum Gasteiger partial charge on any atom is -0.760 e. The Labute approximate surface area is 88.4 Å². The van der Waals surface area contributed by atoms with Crippen molar-refractivity contribution in [1.29, 1.82) is 0 Å². The molecule has 1 aromatic heterocycles. The predicted octanol–water partition coefficient (Wildman–Crippen LogP) is 2.36. The largest absolute Gasteiger partial charge is 0.760 e. The minimum atomic E-state index is 0.594. The van der Waals surface area contributed by atoms with E-state index in [2.05, 4.69) is 9.97 Å². The van der Waals surface area contributed by atoms with E-state index in [0.717, 1.165) is 17.1 Å². The van der Waals surface area contributed by atoms with Gasteiger partial charge in [0.05, 0.1) is 5.69 Å². The fourth-order valence-corrected chi connectivity index (χ4v) is 1.54. The standard InChI is InChI=1S/C11H10N2S/c1-8-12-10(7-11(14)13-8)9-5-3-2-4-6-9/h2-7H,1H3,(H,12,13,14)/p-1. The van der Waals surface area contributed by atoms with Crippen molar-refractivity contribution in [2.75, 3.05) is 0 Å². The summed E-state index contributed by atoms with van der Waals surface area (Å²) in [4.78, 5) is 8.39. The van der Waals surface area contributed by atoms with Crippen LogP contribution in [-0.4, -0.2) is 9.97 Å². The lowest BCUT2D eigenvalue weighted by Gasteiger charge is -2.08. The van der Waals surface area contributed by atoms with E-state index >= 15 is 0 Å². The minimum absolute atomic E-state index is 0.594. The van der Waals surface area contributed by atoms with E-state index in [1.54, 1.807) is 0 Å². The Hall–Kier alpha value is -1.48. The van der Waals surface area contributed by atoms with E-state index < -0.39 is 0 Å². The van der Waals surface area contributed by atoms with Crippen LogP contribution in [0.2, 0.25) is 0 Å². The van der Waals surface area contributed by atoms with Gasteiger partial charge in [0, 0.05) is 5.56 Å². The number of aryl methyl sites for hydroxylation is 1. The Morgan fingerprint density at radius 1 is 1.07 bits per heavy atom. The second kappa shape index (κ2) is 3.72. The van der Waals surface area contributed by atoms with Gasteiger partial charge >= 0.3 is 0 Å². The van der Waals surface area contributed by atoms with Crippen molar-refractivity contribution in [2.45, 2.75) is 11.9 Å². The van der Waals surface area contributed by atoms with Gasteiger partial charge < -0.3 is 12.6 Å². The van der Waals surface area contributed by atoms with Crippen molar-refractivity contribution >= 4 is 12.6 Å². The van der Waals surface area contributed by atoms with E-state index in [1.807, 2.05) is 43.3 Å². The van der Waals surface area contributed by atoms with E-state index in [-0.39, 0.29) is 0 Å². The van der Waals surface area contributed by atoms with E-state index in [4.69, 9.17) is 12.6 Å². The van der Waals surface area contributed by atoms with Gasteiger partial charge in [-0.05, 0) is 13.0 Å². The number of nitrogens with zero attached hydrogens (tertiary/aromatic N) is 2. The van der Waals surface area contributed by atoms with Crippen molar-refractivity contribution < 1.29 is 0 Å². The SMILES string of the molecule is Cc1nc([S-])cc(-c2ccccc2)n1. The molecule has 0 radical (unpaired) electrons. The van der Waals surface area contributed by atoms with Crippen LogP contribution < -0.4 is 0 Å². The molecule has 0 saturated carbocycles. The lowest BCUT2D eigenvalue weighted by Crippen LogP contribution is -1.92. The number of rotatable bonds is 1. The van der Waals surface area contributed by atoms with Crippen molar-refractivity contribution in [3.63, 3.8) is 0 Å². The smallest absolute Gasteiger partial charge is 0.124 e. The number of hydrogen-bond acceptors (Lipinski definition) is 3. The second-order valence-corrected chi connectivity index (χ2v) is 3.42. The van der Waals surface area contributed by atoms with Gasteiger partial charge in [0.1, 0.15) is 5.82 Å². The predicted molar refractivity (Wildman–Crippen MR) is 57.8 cm³/mol. The first-order valence-electron chi connectivity index (χ1n) is 4.34. The average molecular weight is 201 g/mol. The lowest BCUT2D eigenvalue weighted by molar-refractivity contribution is 0.976. The molecule has 14 heavy (non-hydrogen) atoms. The molecular weight excluding hydrogens is 192 g/mol. The first-order chi connectivity index (χ1) is 6.75. The van der Waals surface area contributed by atoms with Crippen molar-refractivity contribution in [2.24, 2.45) is 0 Å². The van der Waals surface area contributed by atoms with Crippen LogP contribution in [0.3, 0.4) is 0 Å². The molecule has 0 saturated heterocycles. The summed E-state index contributed by atoms with van der Waals surface area (Å²) in [5.74, 6) is 0.719.